The molecule has 248 valence electrons. The van der Waals surface area contributed by atoms with Crippen molar-refractivity contribution >= 4 is 60.2 Å². The van der Waals surface area contributed by atoms with Gasteiger partial charge >= 0.3 is 0 Å². The fourth-order valence-corrected chi connectivity index (χ4v) is 7.89. The van der Waals surface area contributed by atoms with Gasteiger partial charge in [0.2, 0.25) is 0 Å². The van der Waals surface area contributed by atoms with Crippen LogP contribution in [0.4, 0.5) is 17.1 Å². The third-order valence-electron chi connectivity index (χ3n) is 10.6. The van der Waals surface area contributed by atoms with E-state index >= 15 is 0 Å². The largest absolute Gasteiger partial charge is 0.310 e. The van der Waals surface area contributed by atoms with Gasteiger partial charge in [0.05, 0.1) is 0 Å². The van der Waals surface area contributed by atoms with Crippen molar-refractivity contribution in [1.29, 1.82) is 0 Å². The Balaban J connectivity index is 1.04. The van der Waals surface area contributed by atoms with Gasteiger partial charge in [-0.05, 0) is 125 Å². The van der Waals surface area contributed by atoms with E-state index in [9.17, 15) is 0 Å². The van der Waals surface area contributed by atoms with Gasteiger partial charge in [0.15, 0.2) is 0 Å². The van der Waals surface area contributed by atoms with E-state index < -0.39 is 0 Å². The van der Waals surface area contributed by atoms with Crippen LogP contribution < -0.4 is 4.90 Å². The Hall–Kier alpha value is -6.96. The smallest absolute Gasteiger partial charge is 0.0467 e. The molecule has 0 aliphatic carbocycles. The van der Waals surface area contributed by atoms with Gasteiger partial charge in [0.25, 0.3) is 0 Å². The minimum absolute atomic E-state index is 1.11. The molecule has 10 rings (SSSR count). The Bertz CT molecular complexity index is 2920. The first-order valence-corrected chi connectivity index (χ1v) is 18.2. The molecular formula is C52H35N. The van der Waals surface area contributed by atoms with E-state index in [0.29, 0.717) is 0 Å². The Labute approximate surface area is 309 Å². The summed E-state index contributed by atoms with van der Waals surface area (Å²) >= 11 is 0. The minimum Gasteiger partial charge on any atom is -0.310 e. The average Bonchev–Trinajstić information content (AvgIpc) is 3.24. The van der Waals surface area contributed by atoms with Crippen LogP contribution in [0, 0.1) is 0 Å². The van der Waals surface area contributed by atoms with E-state index in [2.05, 4.69) is 217 Å². The van der Waals surface area contributed by atoms with Crippen LogP contribution in [0.15, 0.2) is 212 Å². The normalized spacial score (nSPS) is 11.4. The molecule has 10 aromatic rings. The number of fused-ring (bicyclic) bond motifs is 6. The number of rotatable bonds is 6. The Morgan fingerprint density at radius 1 is 0.226 bits per heavy atom. The number of hydrogen-bond donors (Lipinski definition) is 0. The number of benzene rings is 10. The Kier molecular flexibility index (Phi) is 7.55. The lowest BCUT2D eigenvalue weighted by molar-refractivity contribution is 1.28. The van der Waals surface area contributed by atoms with Gasteiger partial charge in [-0.15, -0.1) is 0 Å². The maximum absolute atomic E-state index is 2.36. The minimum atomic E-state index is 1.11. The summed E-state index contributed by atoms with van der Waals surface area (Å²) in [5, 5.41) is 10.2. The van der Waals surface area contributed by atoms with Crippen molar-refractivity contribution in [3.8, 4) is 33.4 Å². The van der Waals surface area contributed by atoms with E-state index in [0.717, 1.165) is 17.1 Å². The van der Waals surface area contributed by atoms with Gasteiger partial charge in [-0.25, -0.2) is 0 Å². The molecule has 0 aliphatic heterocycles. The fourth-order valence-electron chi connectivity index (χ4n) is 7.89. The van der Waals surface area contributed by atoms with E-state index in [1.807, 2.05) is 0 Å². The maximum atomic E-state index is 2.36. The van der Waals surface area contributed by atoms with Gasteiger partial charge in [0.1, 0.15) is 0 Å². The molecule has 0 saturated heterocycles. The quantitative estimate of drug-likeness (QED) is 0.159. The molecular weight excluding hydrogens is 639 g/mol. The van der Waals surface area contributed by atoms with Crippen molar-refractivity contribution in [1.82, 2.24) is 0 Å². The van der Waals surface area contributed by atoms with E-state index in [4.69, 9.17) is 0 Å². The molecule has 0 N–H and O–H groups in total. The molecule has 0 spiro atoms. The third kappa shape index (κ3) is 5.69. The molecule has 0 bridgehead atoms. The van der Waals surface area contributed by atoms with Crippen LogP contribution in [0.3, 0.4) is 0 Å². The lowest BCUT2D eigenvalue weighted by atomic mass is 9.94. The molecule has 10 aromatic carbocycles. The lowest BCUT2D eigenvalue weighted by Gasteiger charge is -2.26. The van der Waals surface area contributed by atoms with Gasteiger partial charge in [-0.3, -0.25) is 0 Å². The first kappa shape index (κ1) is 30.8. The zero-order valence-corrected chi connectivity index (χ0v) is 29.2. The summed E-state index contributed by atoms with van der Waals surface area (Å²) < 4.78 is 0. The Morgan fingerprint density at radius 3 is 1.43 bits per heavy atom. The van der Waals surface area contributed by atoms with Gasteiger partial charge in [0, 0.05) is 17.1 Å². The molecule has 1 heteroatoms. The molecule has 0 amide bonds. The standard InChI is InChI=1S/C52H35N/c1-2-9-36(10-3-1)43-14-8-15-49(35-43)53(47-28-23-38(24-29-47)44-21-17-37-11-4-5-13-42(37)33-44)48-30-25-39(26-31-48)45-27-32-51-46(34-45)22-20-41-19-18-40-12-6-7-16-50(40)52(41)51/h1-35H. The topological polar surface area (TPSA) is 3.24 Å². The molecule has 0 aromatic heterocycles. The van der Waals surface area contributed by atoms with Crippen LogP contribution in [0.2, 0.25) is 0 Å². The number of nitrogens with zero attached hydrogens (tertiary/aromatic N) is 1. The summed E-state index contributed by atoms with van der Waals surface area (Å²) in [7, 11) is 0. The monoisotopic (exact) mass is 673 g/mol. The van der Waals surface area contributed by atoms with Crippen molar-refractivity contribution in [2.45, 2.75) is 0 Å². The molecule has 0 saturated carbocycles. The highest BCUT2D eigenvalue weighted by Gasteiger charge is 2.15. The van der Waals surface area contributed by atoms with E-state index in [1.54, 1.807) is 0 Å². The summed E-state index contributed by atoms with van der Waals surface area (Å²) in [6.07, 6.45) is 0. The highest BCUT2D eigenvalue weighted by molar-refractivity contribution is 6.20. The second-order valence-corrected chi connectivity index (χ2v) is 13.8. The summed E-state index contributed by atoms with van der Waals surface area (Å²) in [4.78, 5) is 2.36. The van der Waals surface area contributed by atoms with Crippen LogP contribution >= 0.6 is 0 Å². The summed E-state index contributed by atoms with van der Waals surface area (Å²) in [5.74, 6) is 0. The predicted molar refractivity (Wildman–Crippen MR) is 227 cm³/mol. The van der Waals surface area contributed by atoms with Crippen LogP contribution in [-0.2, 0) is 0 Å². The molecule has 0 radical (unpaired) electrons. The fraction of sp³-hybridized carbons (Fsp3) is 0. The third-order valence-corrected chi connectivity index (χ3v) is 10.6. The number of hydrogen-bond acceptors (Lipinski definition) is 1. The first-order chi connectivity index (χ1) is 26.2. The van der Waals surface area contributed by atoms with Crippen molar-refractivity contribution in [2.75, 3.05) is 4.90 Å². The average molecular weight is 674 g/mol. The zero-order chi connectivity index (χ0) is 35.1. The van der Waals surface area contributed by atoms with Crippen LogP contribution in [0.5, 0.6) is 0 Å². The van der Waals surface area contributed by atoms with Crippen molar-refractivity contribution in [2.24, 2.45) is 0 Å². The highest BCUT2D eigenvalue weighted by Crippen LogP contribution is 2.39. The van der Waals surface area contributed by atoms with Crippen molar-refractivity contribution in [3.05, 3.63) is 212 Å². The maximum Gasteiger partial charge on any atom is 0.0467 e. The first-order valence-electron chi connectivity index (χ1n) is 18.2. The van der Waals surface area contributed by atoms with Gasteiger partial charge in [-0.2, -0.15) is 0 Å². The lowest BCUT2D eigenvalue weighted by Crippen LogP contribution is -2.10. The molecule has 1 nitrogen and oxygen atoms in total. The van der Waals surface area contributed by atoms with Gasteiger partial charge in [-0.1, -0.05) is 164 Å². The zero-order valence-electron chi connectivity index (χ0n) is 29.2. The molecule has 0 aliphatic rings. The summed E-state index contributed by atoms with van der Waals surface area (Å²) in [5.41, 5.74) is 10.5. The SMILES string of the molecule is c1ccc(-c2cccc(N(c3ccc(-c4ccc5ccccc5c4)cc3)c3ccc(-c4ccc5c(ccc6ccc7ccccc7c65)c4)cc3)c2)cc1. The molecule has 0 fully saturated rings. The summed E-state index contributed by atoms with van der Waals surface area (Å²) in [6, 6.07) is 77.2. The highest BCUT2D eigenvalue weighted by atomic mass is 15.1. The Morgan fingerprint density at radius 2 is 0.698 bits per heavy atom. The predicted octanol–water partition coefficient (Wildman–Crippen LogP) is 14.8. The number of anilines is 3. The van der Waals surface area contributed by atoms with E-state index in [1.165, 1.54) is 76.5 Å². The molecule has 0 heterocycles. The second-order valence-electron chi connectivity index (χ2n) is 13.8. The van der Waals surface area contributed by atoms with Crippen LogP contribution in [0.1, 0.15) is 0 Å². The van der Waals surface area contributed by atoms with Crippen molar-refractivity contribution in [3.63, 3.8) is 0 Å². The second kappa shape index (κ2) is 13.0. The molecule has 0 atom stereocenters. The summed E-state index contributed by atoms with van der Waals surface area (Å²) in [6.45, 7) is 0. The van der Waals surface area contributed by atoms with Crippen LogP contribution in [-0.4, -0.2) is 0 Å². The van der Waals surface area contributed by atoms with Gasteiger partial charge < -0.3 is 4.90 Å². The van der Waals surface area contributed by atoms with Crippen LogP contribution in [0.25, 0.3) is 76.5 Å². The molecule has 0 unspecified atom stereocenters. The molecule has 53 heavy (non-hydrogen) atoms. The van der Waals surface area contributed by atoms with Crippen molar-refractivity contribution < 1.29 is 0 Å². The van der Waals surface area contributed by atoms with E-state index in [-0.39, 0.29) is 0 Å².